The molecule has 0 aromatic heterocycles. The first-order chi connectivity index (χ1) is 28.4. The number of carboxylic acid groups (broad SMARTS) is 2. The van der Waals surface area contributed by atoms with Gasteiger partial charge >= 0.3 is 48.9 Å². The number of carbonyl (C=O) groups is 2. The molecular formula is C50H82BaO8. The summed E-state index contributed by atoms with van der Waals surface area (Å²) in [5.74, 6) is -1.87. The zero-order valence-electron chi connectivity index (χ0n) is 37.0. The van der Waals surface area contributed by atoms with Crippen LogP contribution in [0.4, 0.5) is 0 Å². The van der Waals surface area contributed by atoms with E-state index >= 15 is 0 Å². The molecule has 0 aliphatic heterocycles. The van der Waals surface area contributed by atoms with Crippen LogP contribution in [0.3, 0.4) is 0 Å². The summed E-state index contributed by atoms with van der Waals surface area (Å²) >= 11 is 0. The van der Waals surface area contributed by atoms with E-state index in [0.29, 0.717) is 38.6 Å². The van der Waals surface area contributed by atoms with Gasteiger partial charge in [-0.25, -0.2) is 0 Å². The fourth-order valence-corrected chi connectivity index (χ4v) is 7.28. The molecule has 0 amide bonds. The van der Waals surface area contributed by atoms with Gasteiger partial charge in [-0.1, -0.05) is 189 Å². The minimum atomic E-state index is -0.937. The van der Waals surface area contributed by atoms with Crippen LogP contribution >= 0.6 is 0 Å². The van der Waals surface area contributed by atoms with Crippen LogP contribution in [0.25, 0.3) is 0 Å². The first-order valence-corrected chi connectivity index (χ1v) is 23.4. The molecule has 0 fully saturated rings. The molecule has 59 heavy (non-hydrogen) atoms. The number of carbonyl (C=O) groups excluding carboxylic acids is 2. The first kappa shape index (κ1) is 57.8. The van der Waals surface area contributed by atoms with Gasteiger partial charge in [-0.15, -0.1) is 0 Å². The fraction of sp³-hybridized carbons (Fsp3) is 0.720. The Morgan fingerprint density at radius 2 is 0.661 bits per heavy atom. The van der Waals surface area contributed by atoms with Crippen molar-refractivity contribution < 1.29 is 39.5 Å². The molecule has 2 aromatic rings. The van der Waals surface area contributed by atoms with Crippen LogP contribution in [0, 0.1) is 0 Å². The van der Waals surface area contributed by atoms with Crippen LogP contribution in [-0.4, -0.2) is 96.5 Å². The third kappa shape index (κ3) is 40.6. The number of aliphatic hydroxyl groups excluding tert-OH is 2. The van der Waals surface area contributed by atoms with E-state index in [-0.39, 0.29) is 61.7 Å². The molecule has 2 aromatic carbocycles. The molecule has 0 aliphatic rings. The third-order valence-electron chi connectivity index (χ3n) is 10.8. The van der Waals surface area contributed by atoms with E-state index in [9.17, 15) is 19.8 Å². The maximum atomic E-state index is 10.4. The van der Waals surface area contributed by atoms with Crippen LogP contribution in [0.2, 0.25) is 0 Å². The van der Waals surface area contributed by atoms with Crippen molar-refractivity contribution in [3.05, 3.63) is 71.8 Å². The first-order valence-electron chi connectivity index (χ1n) is 23.4. The van der Waals surface area contributed by atoms with E-state index in [0.717, 1.165) is 116 Å². The maximum absolute atomic E-state index is 10.4. The van der Waals surface area contributed by atoms with Crippen molar-refractivity contribution in [3.63, 3.8) is 0 Å². The Morgan fingerprint density at radius 3 is 0.932 bits per heavy atom. The Labute approximate surface area is 400 Å². The molecule has 0 heterocycles. The zero-order valence-corrected chi connectivity index (χ0v) is 41.5. The van der Waals surface area contributed by atoms with Crippen LogP contribution in [-0.2, 0) is 32.3 Å². The van der Waals surface area contributed by atoms with Crippen molar-refractivity contribution >= 4 is 60.8 Å². The van der Waals surface area contributed by atoms with Crippen molar-refractivity contribution in [3.8, 4) is 0 Å². The van der Waals surface area contributed by atoms with E-state index in [2.05, 4.69) is 48.5 Å². The average molecular weight is 949 g/mol. The van der Waals surface area contributed by atoms with Gasteiger partial charge in [-0.3, -0.25) is 0 Å². The molecule has 2 N–H and O–H groups in total. The molecule has 0 aliphatic carbocycles. The van der Waals surface area contributed by atoms with Crippen molar-refractivity contribution in [1.82, 2.24) is 0 Å². The second-order valence-corrected chi connectivity index (χ2v) is 16.2. The third-order valence-corrected chi connectivity index (χ3v) is 10.8. The number of benzene rings is 2. The average Bonchev–Trinajstić information content (AvgIpc) is 3.23. The molecule has 2 rings (SSSR count). The van der Waals surface area contributed by atoms with Gasteiger partial charge in [0, 0.05) is 25.2 Å². The standard InChI is InChI=1S/2C25H42O4.Ba/c2*26-21-15-8-3-1-2-5-12-18-24(29-22-23-16-10-9-11-17-23)19-13-6-4-7-14-20-25(27)28;/h2*9-11,16-17,24,26H,1-8,12-15,18-22H2,(H,27,28);/q;;+2/p-2. The molecular weight excluding hydrogens is 866 g/mol. The summed E-state index contributed by atoms with van der Waals surface area (Å²) in [5, 5.41) is 38.5. The number of ether oxygens (including phenoxy) is 2. The van der Waals surface area contributed by atoms with Crippen molar-refractivity contribution in [2.45, 2.75) is 218 Å². The van der Waals surface area contributed by atoms with Gasteiger partial charge in [0.05, 0.1) is 25.4 Å². The molecule has 8 nitrogen and oxygen atoms in total. The maximum Gasteiger partial charge on any atom is 2.00 e. The minimum Gasteiger partial charge on any atom is -0.550 e. The summed E-state index contributed by atoms with van der Waals surface area (Å²) in [6, 6.07) is 20.7. The number of hydrogen-bond donors (Lipinski definition) is 2. The Bertz CT molecular complexity index is 1080. The SMILES string of the molecule is O=C([O-])CCCCCCCC(CCCCCCCCCO)OCc1ccccc1.O=C([O-])CCCCCCCC(CCCCCCCCCO)OCc1ccccc1.[Ba+2]. The number of unbranched alkanes of at least 4 members (excludes halogenated alkanes) is 20. The molecule has 0 saturated heterocycles. The van der Waals surface area contributed by atoms with Gasteiger partial charge in [-0.05, 0) is 75.3 Å². The van der Waals surface area contributed by atoms with E-state index in [1.165, 1.54) is 75.3 Å². The summed E-state index contributed by atoms with van der Waals surface area (Å²) < 4.78 is 12.5. The predicted octanol–water partition coefficient (Wildman–Crippen LogP) is 9.95. The largest absolute Gasteiger partial charge is 2.00 e. The predicted molar refractivity (Wildman–Crippen MR) is 238 cm³/mol. The van der Waals surface area contributed by atoms with Crippen LogP contribution < -0.4 is 10.2 Å². The molecule has 0 saturated carbocycles. The normalized spacial score (nSPS) is 12.0. The van der Waals surface area contributed by atoms with Crippen LogP contribution in [0.5, 0.6) is 0 Å². The fourth-order valence-electron chi connectivity index (χ4n) is 7.28. The molecule has 0 spiro atoms. The summed E-state index contributed by atoms with van der Waals surface area (Å²) in [7, 11) is 0. The van der Waals surface area contributed by atoms with E-state index < -0.39 is 11.9 Å². The zero-order chi connectivity index (χ0) is 42.0. The van der Waals surface area contributed by atoms with Crippen molar-refractivity contribution in [1.29, 1.82) is 0 Å². The summed E-state index contributed by atoms with van der Waals surface area (Å²) in [4.78, 5) is 20.9. The minimum absolute atomic E-state index is 0. The summed E-state index contributed by atoms with van der Waals surface area (Å²) in [6.45, 7) is 1.99. The van der Waals surface area contributed by atoms with Crippen molar-refractivity contribution in [2.75, 3.05) is 13.2 Å². The Hall–Kier alpha value is -1.21. The number of aliphatic carboxylic acids is 2. The quantitative estimate of drug-likeness (QED) is 0.0498. The number of rotatable bonds is 40. The van der Waals surface area contributed by atoms with E-state index in [1.54, 1.807) is 0 Å². The number of aliphatic hydroxyl groups is 2. The molecule has 332 valence electrons. The van der Waals surface area contributed by atoms with Gasteiger partial charge in [0.1, 0.15) is 0 Å². The Kier molecular flexibility index (Phi) is 43.9. The molecule has 2 unspecified atom stereocenters. The second-order valence-electron chi connectivity index (χ2n) is 16.2. The molecule has 0 bridgehead atoms. The second kappa shape index (κ2) is 44.8. The summed E-state index contributed by atoms with van der Waals surface area (Å²) in [6.07, 6.45) is 32.2. The van der Waals surface area contributed by atoms with Gasteiger partial charge in [0.15, 0.2) is 0 Å². The topological polar surface area (TPSA) is 139 Å². The Morgan fingerprint density at radius 1 is 0.407 bits per heavy atom. The van der Waals surface area contributed by atoms with Gasteiger partial charge in [-0.2, -0.15) is 0 Å². The smallest absolute Gasteiger partial charge is 0.550 e. The van der Waals surface area contributed by atoms with Gasteiger partial charge < -0.3 is 39.5 Å². The monoisotopic (exact) mass is 949 g/mol. The van der Waals surface area contributed by atoms with Crippen LogP contribution in [0.15, 0.2) is 60.7 Å². The van der Waals surface area contributed by atoms with Crippen LogP contribution in [0.1, 0.15) is 204 Å². The van der Waals surface area contributed by atoms with Gasteiger partial charge in [0.25, 0.3) is 0 Å². The van der Waals surface area contributed by atoms with Crippen molar-refractivity contribution in [2.24, 2.45) is 0 Å². The molecule has 0 radical (unpaired) electrons. The molecule has 2 atom stereocenters. The van der Waals surface area contributed by atoms with E-state index in [4.69, 9.17) is 19.7 Å². The number of carboxylic acids is 2. The summed E-state index contributed by atoms with van der Waals surface area (Å²) in [5.41, 5.74) is 2.45. The molecule has 9 heteroatoms. The number of hydrogen-bond acceptors (Lipinski definition) is 8. The Balaban J connectivity index is 0.00000112. The van der Waals surface area contributed by atoms with E-state index in [1.807, 2.05) is 12.1 Å². The van der Waals surface area contributed by atoms with Gasteiger partial charge in [0.2, 0.25) is 0 Å².